The maximum Gasteiger partial charge on any atom is 0.254 e. The lowest BCUT2D eigenvalue weighted by Gasteiger charge is -2.17. The zero-order chi connectivity index (χ0) is 17.2. The minimum absolute atomic E-state index is 0.131. The molecular formula is C18H16N4O3. The van der Waals surface area contributed by atoms with Gasteiger partial charge in [-0.05, 0) is 6.07 Å². The van der Waals surface area contributed by atoms with Gasteiger partial charge in [0.1, 0.15) is 6.10 Å². The van der Waals surface area contributed by atoms with Crippen molar-refractivity contribution in [1.29, 1.82) is 0 Å². The Bertz CT molecular complexity index is 971. The van der Waals surface area contributed by atoms with E-state index >= 15 is 0 Å². The molecule has 0 radical (unpaired) electrons. The number of H-pyrrole nitrogens is 1. The van der Waals surface area contributed by atoms with Gasteiger partial charge in [-0.1, -0.05) is 18.2 Å². The molecule has 25 heavy (non-hydrogen) atoms. The van der Waals surface area contributed by atoms with E-state index in [0.29, 0.717) is 36.5 Å². The monoisotopic (exact) mass is 336 g/mol. The maximum atomic E-state index is 12.9. The van der Waals surface area contributed by atoms with Gasteiger partial charge in [0.05, 0.1) is 18.3 Å². The molecule has 4 rings (SSSR count). The van der Waals surface area contributed by atoms with Crippen molar-refractivity contribution in [1.82, 2.24) is 19.9 Å². The molecule has 1 fully saturated rings. The van der Waals surface area contributed by atoms with Gasteiger partial charge < -0.3 is 14.6 Å². The summed E-state index contributed by atoms with van der Waals surface area (Å²) >= 11 is 0. The number of carbonyl (C=O) groups is 1. The van der Waals surface area contributed by atoms with Crippen molar-refractivity contribution in [3.63, 3.8) is 0 Å². The van der Waals surface area contributed by atoms with Crippen LogP contribution in [-0.4, -0.2) is 45.0 Å². The van der Waals surface area contributed by atoms with E-state index in [1.165, 1.54) is 6.07 Å². The molecule has 0 spiro atoms. The van der Waals surface area contributed by atoms with Crippen molar-refractivity contribution in [2.45, 2.75) is 12.5 Å². The van der Waals surface area contributed by atoms with Gasteiger partial charge in [-0.2, -0.15) is 0 Å². The third-order valence-electron chi connectivity index (χ3n) is 4.24. The van der Waals surface area contributed by atoms with Crippen LogP contribution >= 0.6 is 0 Å². The van der Waals surface area contributed by atoms with Crippen molar-refractivity contribution in [2.75, 3.05) is 13.1 Å². The van der Waals surface area contributed by atoms with Crippen molar-refractivity contribution in [3.8, 4) is 5.88 Å². The van der Waals surface area contributed by atoms with Crippen LogP contribution in [-0.2, 0) is 0 Å². The van der Waals surface area contributed by atoms with Gasteiger partial charge in [0, 0.05) is 42.3 Å². The number of fused-ring (bicyclic) bond motifs is 1. The standard InChI is InChI=1S/C18H16N4O3/c23-16-9-14(13-3-1-2-4-15(13)21-16)18(24)22-8-5-12(11-22)25-17-10-19-6-7-20-17/h1-4,6-7,9-10,12H,5,8,11H2,(H,21,23). The van der Waals surface area contributed by atoms with Gasteiger partial charge in [0.25, 0.3) is 5.91 Å². The van der Waals surface area contributed by atoms with Crippen molar-refractivity contribution >= 4 is 16.8 Å². The minimum Gasteiger partial charge on any atom is -0.471 e. The highest BCUT2D eigenvalue weighted by atomic mass is 16.5. The molecule has 3 aromatic rings. The van der Waals surface area contributed by atoms with Crippen molar-refractivity contribution in [2.24, 2.45) is 0 Å². The average Bonchev–Trinajstić information content (AvgIpc) is 3.09. The highest BCUT2D eigenvalue weighted by Crippen LogP contribution is 2.21. The molecule has 1 amide bonds. The van der Waals surface area contributed by atoms with Gasteiger partial charge in [-0.25, -0.2) is 4.98 Å². The van der Waals surface area contributed by atoms with Crippen LogP contribution in [0.3, 0.4) is 0 Å². The number of para-hydroxylation sites is 1. The zero-order valence-electron chi connectivity index (χ0n) is 13.4. The molecular weight excluding hydrogens is 320 g/mol. The quantitative estimate of drug-likeness (QED) is 0.785. The number of nitrogens with zero attached hydrogens (tertiary/aromatic N) is 3. The van der Waals surface area contributed by atoms with Crippen LogP contribution in [0.25, 0.3) is 10.9 Å². The van der Waals surface area contributed by atoms with Gasteiger partial charge in [-0.15, -0.1) is 0 Å². The average molecular weight is 336 g/mol. The van der Waals surface area contributed by atoms with Crippen LogP contribution < -0.4 is 10.3 Å². The summed E-state index contributed by atoms with van der Waals surface area (Å²) < 4.78 is 5.77. The predicted octanol–water partition coefficient (Wildman–Crippen LogP) is 1.61. The number of aromatic amines is 1. The number of rotatable bonds is 3. The number of hydrogen-bond acceptors (Lipinski definition) is 5. The predicted molar refractivity (Wildman–Crippen MR) is 91.5 cm³/mol. The second kappa shape index (κ2) is 6.35. The number of benzene rings is 1. The molecule has 1 atom stereocenters. The number of nitrogens with one attached hydrogen (secondary N) is 1. The van der Waals surface area contributed by atoms with Gasteiger partial charge >= 0.3 is 0 Å². The van der Waals surface area contributed by atoms with E-state index in [1.807, 2.05) is 18.2 Å². The van der Waals surface area contributed by atoms with E-state index in [1.54, 1.807) is 29.6 Å². The molecule has 7 heteroatoms. The lowest BCUT2D eigenvalue weighted by Crippen LogP contribution is -2.32. The number of aromatic nitrogens is 3. The Balaban J connectivity index is 1.55. The summed E-state index contributed by atoms with van der Waals surface area (Å²) in [7, 11) is 0. The van der Waals surface area contributed by atoms with Gasteiger partial charge in [-0.3, -0.25) is 14.6 Å². The van der Waals surface area contributed by atoms with E-state index in [9.17, 15) is 9.59 Å². The molecule has 0 bridgehead atoms. The summed E-state index contributed by atoms with van der Waals surface area (Å²) in [6.07, 6.45) is 5.28. The molecule has 1 aliphatic heterocycles. The third-order valence-corrected chi connectivity index (χ3v) is 4.24. The minimum atomic E-state index is -0.284. The first-order chi connectivity index (χ1) is 12.2. The summed E-state index contributed by atoms with van der Waals surface area (Å²) in [5, 5.41) is 0.741. The molecule has 1 N–H and O–H groups in total. The van der Waals surface area contributed by atoms with Gasteiger partial charge in [0.2, 0.25) is 11.4 Å². The summed E-state index contributed by atoms with van der Waals surface area (Å²) in [6.45, 7) is 1.03. The van der Waals surface area contributed by atoms with E-state index in [4.69, 9.17) is 4.74 Å². The first kappa shape index (κ1) is 15.3. The molecule has 126 valence electrons. The van der Waals surface area contributed by atoms with Gasteiger partial charge in [0.15, 0.2) is 0 Å². The van der Waals surface area contributed by atoms with E-state index in [2.05, 4.69) is 15.0 Å². The van der Waals surface area contributed by atoms with Crippen LogP contribution in [0.15, 0.2) is 53.7 Å². The SMILES string of the molecule is O=C(c1cc(=O)[nH]c2ccccc12)N1CCC(Oc2cnccn2)C1. The fourth-order valence-electron chi connectivity index (χ4n) is 3.08. The van der Waals surface area contributed by atoms with Crippen molar-refractivity contribution < 1.29 is 9.53 Å². The second-order valence-corrected chi connectivity index (χ2v) is 5.92. The molecule has 7 nitrogen and oxygen atoms in total. The highest BCUT2D eigenvalue weighted by Gasteiger charge is 2.29. The second-order valence-electron chi connectivity index (χ2n) is 5.92. The molecule has 1 aliphatic rings. The summed E-state index contributed by atoms with van der Waals surface area (Å²) in [5.41, 5.74) is 0.790. The Labute approximate surface area is 143 Å². The van der Waals surface area contributed by atoms with Crippen LogP contribution in [0.1, 0.15) is 16.8 Å². The number of hydrogen-bond donors (Lipinski definition) is 1. The number of pyridine rings is 1. The third kappa shape index (κ3) is 3.08. The summed E-state index contributed by atoms with van der Waals surface area (Å²) in [6, 6.07) is 8.66. The lowest BCUT2D eigenvalue weighted by atomic mass is 10.1. The van der Waals surface area contributed by atoms with E-state index in [-0.39, 0.29) is 17.6 Å². The van der Waals surface area contributed by atoms with Crippen LogP contribution in [0.4, 0.5) is 0 Å². The van der Waals surface area contributed by atoms with Crippen LogP contribution in [0, 0.1) is 0 Å². The zero-order valence-corrected chi connectivity index (χ0v) is 13.4. The Kier molecular flexibility index (Phi) is 3.89. The summed E-state index contributed by atoms with van der Waals surface area (Å²) in [5.74, 6) is 0.288. The Morgan fingerprint density at radius 2 is 2.16 bits per heavy atom. The van der Waals surface area contributed by atoms with Crippen LogP contribution in [0.2, 0.25) is 0 Å². The molecule has 1 unspecified atom stereocenters. The lowest BCUT2D eigenvalue weighted by molar-refractivity contribution is 0.0773. The molecule has 1 aromatic carbocycles. The first-order valence-corrected chi connectivity index (χ1v) is 8.05. The summed E-state index contributed by atoms with van der Waals surface area (Å²) in [4.78, 5) is 37.3. The highest BCUT2D eigenvalue weighted by molar-refractivity contribution is 6.06. The fraction of sp³-hybridized carbons (Fsp3) is 0.222. The maximum absolute atomic E-state index is 12.9. The first-order valence-electron chi connectivity index (χ1n) is 8.05. The smallest absolute Gasteiger partial charge is 0.254 e. The molecule has 2 aromatic heterocycles. The molecule has 0 aliphatic carbocycles. The number of carbonyl (C=O) groups excluding carboxylic acids is 1. The number of ether oxygens (including phenoxy) is 1. The largest absolute Gasteiger partial charge is 0.471 e. The van der Waals surface area contributed by atoms with Crippen LogP contribution in [0.5, 0.6) is 5.88 Å². The molecule has 0 saturated carbocycles. The number of likely N-dealkylation sites (tertiary alicyclic amines) is 1. The number of amides is 1. The fourth-order valence-corrected chi connectivity index (χ4v) is 3.08. The van der Waals surface area contributed by atoms with Crippen molar-refractivity contribution in [3.05, 3.63) is 64.8 Å². The Hall–Kier alpha value is -3.22. The normalized spacial score (nSPS) is 17.0. The molecule has 1 saturated heterocycles. The Morgan fingerprint density at radius 1 is 1.28 bits per heavy atom. The topological polar surface area (TPSA) is 88.2 Å². The Morgan fingerprint density at radius 3 is 3.00 bits per heavy atom. The molecule has 3 heterocycles. The van der Waals surface area contributed by atoms with E-state index in [0.717, 1.165) is 5.39 Å². The van der Waals surface area contributed by atoms with E-state index < -0.39 is 0 Å².